The molecule has 172 valence electrons. The Kier molecular flexibility index (Phi) is 6.72. The number of nitrogens with zero attached hydrogens (tertiary/aromatic N) is 6. The first-order valence-corrected chi connectivity index (χ1v) is 10.5. The molecular weight excluding hydrogens is 438 g/mol. The molecule has 0 saturated carbocycles. The summed E-state index contributed by atoms with van der Waals surface area (Å²) in [5.41, 5.74) is 1.48. The molecule has 4 rings (SSSR count). The minimum Gasteiger partial charge on any atom is -0.382 e. The van der Waals surface area contributed by atoms with Crippen molar-refractivity contribution in [3.8, 4) is 17.2 Å². The highest BCUT2D eigenvalue weighted by Crippen LogP contribution is 2.28. The lowest BCUT2D eigenvalue weighted by molar-refractivity contribution is -0.0177. The van der Waals surface area contributed by atoms with Crippen molar-refractivity contribution in [2.24, 2.45) is 0 Å². The van der Waals surface area contributed by atoms with Crippen LogP contribution in [0.5, 0.6) is 0 Å². The van der Waals surface area contributed by atoms with Crippen molar-refractivity contribution in [2.75, 3.05) is 13.6 Å². The van der Waals surface area contributed by atoms with Crippen LogP contribution in [0.2, 0.25) is 0 Å². The number of halogens is 2. The average molecular weight is 460 g/mol. The predicted molar refractivity (Wildman–Crippen MR) is 121 cm³/mol. The fraction of sp³-hybridized carbons (Fsp3) is 0.200. The number of hydrogen-bond donors (Lipinski definition) is 1. The molecule has 1 N–H and O–H groups in total. The maximum absolute atomic E-state index is 14.6. The van der Waals surface area contributed by atoms with E-state index in [1.165, 1.54) is 23.4 Å². The number of aromatic nitrogens is 4. The van der Waals surface area contributed by atoms with E-state index < -0.39 is 17.2 Å². The normalized spacial score (nSPS) is 12.9. The van der Waals surface area contributed by atoms with Crippen molar-refractivity contribution in [2.45, 2.75) is 18.7 Å². The zero-order valence-corrected chi connectivity index (χ0v) is 18.4. The van der Waals surface area contributed by atoms with Crippen LogP contribution in [0.3, 0.4) is 0 Å². The third kappa shape index (κ3) is 5.31. The molecule has 0 radical (unpaired) electrons. The van der Waals surface area contributed by atoms with Crippen molar-refractivity contribution < 1.29 is 13.9 Å². The van der Waals surface area contributed by atoms with Crippen molar-refractivity contribution in [1.29, 1.82) is 5.26 Å². The number of nitriles is 1. The Morgan fingerprint density at radius 2 is 1.85 bits per heavy atom. The molecule has 0 amide bonds. The van der Waals surface area contributed by atoms with Gasteiger partial charge in [0.1, 0.15) is 29.9 Å². The number of hydrogen-bond acceptors (Lipinski definition) is 6. The van der Waals surface area contributed by atoms with Gasteiger partial charge >= 0.3 is 0 Å². The Bertz CT molecular complexity index is 1290. The summed E-state index contributed by atoms with van der Waals surface area (Å²) < 4.78 is 29.5. The van der Waals surface area contributed by atoms with Gasteiger partial charge in [0.05, 0.1) is 23.9 Å². The lowest BCUT2D eigenvalue weighted by Gasteiger charge is -2.33. The second-order valence-electron chi connectivity index (χ2n) is 8.15. The molecule has 1 atom stereocenters. The van der Waals surface area contributed by atoms with E-state index in [2.05, 4.69) is 21.1 Å². The zero-order valence-electron chi connectivity index (χ0n) is 18.4. The van der Waals surface area contributed by atoms with Crippen LogP contribution in [0.1, 0.15) is 16.8 Å². The molecule has 0 fully saturated rings. The predicted octanol–water partition coefficient (Wildman–Crippen LogP) is 3.51. The van der Waals surface area contributed by atoms with Crippen LogP contribution in [-0.4, -0.2) is 43.3 Å². The molecule has 1 unspecified atom stereocenters. The van der Waals surface area contributed by atoms with Gasteiger partial charge in [-0.25, -0.2) is 18.4 Å². The van der Waals surface area contributed by atoms with Crippen LogP contribution in [0.15, 0.2) is 73.4 Å². The van der Waals surface area contributed by atoms with Crippen molar-refractivity contribution in [3.05, 3.63) is 102 Å². The van der Waals surface area contributed by atoms with Gasteiger partial charge in [0.25, 0.3) is 0 Å². The summed E-state index contributed by atoms with van der Waals surface area (Å²) in [4.78, 5) is 10.2. The summed E-state index contributed by atoms with van der Waals surface area (Å²) >= 11 is 0. The molecule has 9 heteroatoms. The van der Waals surface area contributed by atoms with Crippen molar-refractivity contribution in [1.82, 2.24) is 24.6 Å². The number of likely N-dealkylation sites (N-methyl/N-ethyl adjacent to an activating group) is 1. The van der Waals surface area contributed by atoms with E-state index in [-0.39, 0.29) is 18.7 Å². The average Bonchev–Trinajstić information content (AvgIpc) is 3.32. The summed E-state index contributed by atoms with van der Waals surface area (Å²) in [5, 5.41) is 24.4. The first-order chi connectivity index (χ1) is 16.4. The van der Waals surface area contributed by atoms with Gasteiger partial charge in [-0.1, -0.05) is 24.3 Å². The van der Waals surface area contributed by atoms with Crippen LogP contribution < -0.4 is 0 Å². The van der Waals surface area contributed by atoms with Crippen molar-refractivity contribution >= 4 is 0 Å². The maximum Gasteiger partial charge on any atom is 0.137 e. The second kappa shape index (κ2) is 9.87. The Hall–Kier alpha value is -4.00. The molecule has 2 heterocycles. The van der Waals surface area contributed by atoms with E-state index in [4.69, 9.17) is 5.26 Å². The molecule has 34 heavy (non-hydrogen) atoms. The highest BCUT2D eigenvalue weighted by atomic mass is 19.1. The summed E-state index contributed by atoms with van der Waals surface area (Å²) in [7, 11) is 1.78. The van der Waals surface area contributed by atoms with Gasteiger partial charge < -0.3 is 5.11 Å². The fourth-order valence-electron chi connectivity index (χ4n) is 3.87. The number of aliphatic hydroxyl groups is 1. The zero-order chi connectivity index (χ0) is 24.1. The number of benzene rings is 2. The third-order valence-corrected chi connectivity index (χ3v) is 5.46. The van der Waals surface area contributed by atoms with Gasteiger partial charge in [-0.3, -0.25) is 9.88 Å². The Morgan fingerprint density at radius 1 is 1.09 bits per heavy atom. The molecule has 2 aromatic carbocycles. The molecule has 0 aliphatic carbocycles. The summed E-state index contributed by atoms with van der Waals surface area (Å²) in [6.07, 6.45) is 4.49. The smallest absolute Gasteiger partial charge is 0.137 e. The van der Waals surface area contributed by atoms with E-state index in [1.54, 1.807) is 25.4 Å². The molecule has 0 spiro atoms. The molecule has 0 aliphatic heterocycles. The van der Waals surface area contributed by atoms with Crippen LogP contribution in [0.4, 0.5) is 8.78 Å². The first-order valence-electron chi connectivity index (χ1n) is 10.5. The monoisotopic (exact) mass is 460 g/mol. The highest BCUT2D eigenvalue weighted by Gasteiger charge is 2.35. The minimum absolute atomic E-state index is 0.0274. The molecule has 4 aromatic rings. The van der Waals surface area contributed by atoms with Crippen LogP contribution >= 0.6 is 0 Å². The maximum atomic E-state index is 14.6. The first kappa shape index (κ1) is 23.2. The SMILES string of the molecule is CN(Cc1ccc(-c2ccc(C#N)cc2)cn1)CC(O)(Cn1cncn1)c1ccc(F)cc1F. The van der Waals surface area contributed by atoms with Gasteiger partial charge in [-0.2, -0.15) is 10.4 Å². The molecule has 2 aromatic heterocycles. The Labute approximate surface area is 195 Å². The number of rotatable bonds is 8. The van der Waals surface area contributed by atoms with E-state index in [9.17, 15) is 13.9 Å². The van der Waals surface area contributed by atoms with Gasteiger partial charge in [-0.05, 0) is 36.9 Å². The molecular formula is C25H22F2N6O. The third-order valence-electron chi connectivity index (χ3n) is 5.46. The van der Waals surface area contributed by atoms with Crippen molar-refractivity contribution in [3.63, 3.8) is 0 Å². The van der Waals surface area contributed by atoms with Gasteiger partial charge in [0.15, 0.2) is 0 Å². The fourth-order valence-corrected chi connectivity index (χ4v) is 3.87. The lowest BCUT2D eigenvalue weighted by Crippen LogP contribution is -2.43. The minimum atomic E-state index is -1.69. The molecule has 7 nitrogen and oxygen atoms in total. The van der Waals surface area contributed by atoms with E-state index in [1.807, 2.05) is 29.2 Å². The second-order valence-corrected chi connectivity index (χ2v) is 8.15. The molecule has 0 aliphatic rings. The lowest BCUT2D eigenvalue weighted by atomic mass is 9.92. The van der Waals surface area contributed by atoms with E-state index in [0.29, 0.717) is 12.1 Å². The Balaban J connectivity index is 1.51. The summed E-state index contributed by atoms with van der Waals surface area (Å²) in [5.74, 6) is -1.55. The largest absolute Gasteiger partial charge is 0.382 e. The number of pyridine rings is 1. The molecule has 0 bridgehead atoms. The standard InChI is InChI=1S/C25H22F2N6O/c1-32(13-22-8-6-20(12-30-22)19-4-2-18(11-28)3-5-19)14-25(34,15-33-17-29-16-31-33)23-9-7-21(26)10-24(23)27/h2-10,12,16-17,34H,13-15H2,1H3. The topological polar surface area (TPSA) is 90.9 Å². The summed E-state index contributed by atoms with van der Waals surface area (Å²) in [6.45, 7) is 0.357. The van der Waals surface area contributed by atoms with Crippen LogP contribution in [0, 0.1) is 23.0 Å². The highest BCUT2D eigenvalue weighted by molar-refractivity contribution is 5.63. The van der Waals surface area contributed by atoms with Gasteiger partial charge in [-0.15, -0.1) is 0 Å². The molecule has 0 saturated heterocycles. The summed E-state index contributed by atoms with van der Waals surface area (Å²) in [6, 6.07) is 16.3. The van der Waals surface area contributed by atoms with E-state index in [0.717, 1.165) is 29.0 Å². The van der Waals surface area contributed by atoms with Gasteiger partial charge in [0.2, 0.25) is 0 Å². The van der Waals surface area contributed by atoms with E-state index >= 15 is 0 Å². The van der Waals surface area contributed by atoms with Gasteiger partial charge in [0, 0.05) is 36.5 Å². The van der Waals surface area contributed by atoms with Crippen LogP contribution in [-0.2, 0) is 18.7 Å². The quantitative estimate of drug-likeness (QED) is 0.433. The van der Waals surface area contributed by atoms with Crippen LogP contribution in [0.25, 0.3) is 11.1 Å². The Morgan fingerprint density at radius 3 is 2.47 bits per heavy atom.